The predicted octanol–water partition coefficient (Wildman–Crippen LogP) is 3.54. The van der Waals surface area contributed by atoms with Crippen molar-refractivity contribution in [2.75, 3.05) is 13.2 Å². The lowest BCUT2D eigenvalue weighted by Crippen LogP contribution is -2.20. The van der Waals surface area contributed by atoms with Gasteiger partial charge in [0.05, 0.1) is 47.2 Å². The second kappa shape index (κ2) is 7.22. The third-order valence-electron chi connectivity index (χ3n) is 4.87. The van der Waals surface area contributed by atoms with Gasteiger partial charge in [-0.25, -0.2) is 0 Å². The van der Waals surface area contributed by atoms with Crippen molar-refractivity contribution in [3.05, 3.63) is 57.2 Å². The van der Waals surface area contributed by atoms with E-state index in [9.17, 15) is 9.59 Å². The van der Waals surface area contributed by atoms with E-state index >= 15 is 0 Å². The molecule has 0 spiro atoms. The molecule has 2 aromatic carbocycles. The van der Waals surface area contributed by atoms with Crippen LogP contribution < -0.4 is 5.32 Å². The van der Waals surface area contributed by atoms with Gasteiger partial charge in [0.2, 0.25) is 0 Å². The number of rotatable bonds is 5. The molecule has 0 saturated carbocycles. The number of carbonyl (C=O) groups is 2. The fourth-order valence-corrected chi connectivity index (χ4v) is 4.18. The van der Waals surface area contributed by atoms with Crippen LogP contribution in [0.4, 0.5) is 0 Å². The van der Waals surface area contributed by atoms with Gasteiger partial charge in [-0.15, -0.1) is 0 Å². The van der Waals surface area contributed by atoms with Gasteiger partial charge < -0.3 is 14.4 Å². The van der Waals surface area contributed by atoms with Crippen LogP contribution in [0.5, 0.6) is 0 Å². The summed E-state index contributed by atoms with van der Waals surface area (Å²) >= 11 is 13.0. The first kappa shape index (κ1) is 19.0. The normalized spacial score (nSPS) is 13.3. The molecule has 144 valence electrons. The summed E-state index contributed by atoms with van der Waals surface area (Å²) in [6.45, 7) is 0.223. The molecule has 1 aliphatic rings. The van der Waals surface area contributed by atoms with Crippen molar-refractivity contribution < 1.29 is 19.4 Å². The summed E-state index contributed by atoms with van der Waals surface area (Å²) in [7, 11) is 1.81. The largest absolute Gasteiger partial charge is 0.394 e. The number of hydrogen-bond donors (Lipinski definition) is 2. The Balaban J connectivity index is 2.05. The zero-order valence-corrected chi connectivity index (χ0v) is 16.4. The molecule has 0 atom stereocenters. The highest BCUT2D eigenvalue weighted by Crippen LogP contribution is 2.42. The number of benzene rings is 2. The SMILES string of the molecule is Cn1c(COCCO)c(Cl)c2c3c(c(-c4ccccc4Cl)cc21)C(=O)NC3=O. The maximum absolute atomic E-state index is 12.6. The number of nitrogens with zero attached hydrogens (tertiary/aromatic N) is 1. The second-order valence-corrected chi connectivity index (χ2v) is 7.21. The number of halogens is 2. The third-order valence-corrected chi connectivity index (χ3v) is 5.60. The molecular formula is C20H16Cl2N2O4. The zero-order valence-electron chi connectivity index (χ0n) is 14.9. The van der Waals surface area contributed by atoms with Gasteiger partial charge in [-0.2, -0.15) is 0 Å². The molecule has 0 radical (unpaired) electrons. The van der Waals surface area contributed by atoms with Crippen molar-refractivity contribution in [1.82, 2.24) is 9.88 Å². The van der Waals surface area contributed by atoms with Gasteiger partial charge >= 0.3 is 0 Å². The number of imide groups is 1. The van der Waals surface area contributed by atoms with Gasteiger partial charge in [0.1, 0.15) is 0 Å². The van der Waals surface area contributed by atoms with Gasteiger partial charge in [0.25, 0.3) is 11.8 Å². The van der Waals surface area contributed by atoms with Gasteiger partial charge in [0, 0.05) is 23.0 Å². The first-order chi connectivity index (χ1) is 13.5. The van der Waals surface area contributed by atoms with Crippen LogP contribution in [0.25, 0.3) is 22.0 Å². The van der Waals surface area contributed by atoms with Crippen LogP contribution in [-0.4, -0.2) is 34.7 Å². The molecule has 6 nitrogen and oxygen atoms in total. The van der Waals surface area contributed by atoms with E-state index in [1.807, 2.05) is 23.7 Å². The highest BCUT2D eigenvalue weighted by Gasteiger charge is 2.35. The van der Waals surface area contributed by atoms with Crippen molar-refractivity contribution >= 4 is 45.9 Å². The number of aliphatic hydroxyl groups is 1. The summed E-state index contributed by atoms with van der Waals surface area (Å²) < 4.78 is 7.24. The minimum absolute atomic E-state index is 0.107. The van der Waals surface area contributed by atoms with Crippen LogP contribution in [0, 0.1) is 0 Å². The maximum Gasteiger partial charge on any atom is 0.259 e. The van der Waals surface area contributed by atoms with E-state index in [1.54, 1.807) is 18.2 Å². The zero-order chi connectivity index (χ0) is 20.0. The van der Waals surface area contributed by atoms with Crippen molar-refractivity contribution in [3.63, 3.8) is 0 Å². The Morgan fingerprint density at radius 2 is 1.82 bits per heavy atom. The lowest BCUT2D eigenvalue weighted by molar-refractivity contribution is 0.0787. The van der Waals surface area contributed by atoms with Crippen LogP contribution in [0.2, 0.25) is 10.0 Å². The van der Waals surface area contributed by atoms with Crippen molar-refractivity contribution in [2.24, 2.45) is 7.05 Å². The minimum atomic E-state index is -0.491. The van der Waals surface area contributed by atoms with Crippen LogP contribution in [0.15, 0.2) is 30.3 Å². The number of fused-ring (bicyclic) bond motifs is 3. The second-order valence-electron chi connectivity index (χ2n) is 6.43. The number of nitrogens with one attached hydrogen (secondary N) is 1. The molecule has 0 bridgehead atoms. The Kier molecular flexibility index (Phi) is 4.89. The van der Waals surface area contributed by atoms with Crippen molar-refractivity contribution in [2.45, 2.75) is 6.61 Å². The quantitative estimate of drug-likeness (QED) is 0.490. The molecule has 2 heterocycles. The lowest BCUT2D eigenvalue weighted by Gasteiger charge is -2.11. The average Bonchev–Trinajstić information content (AvgIpc) is 3.10. The van der Waals surface area contributed by atoms with Crippen LogP contribution >= 0.6 is 23.2 Å². The Morgan fingerprint density at radius 3 is 2.54 bits per heavy atom. The topological polar surface area (TPSA) is 80.6 Å². The summed E-state index contributed by atoms with van der Waals surface area (Å²) in [6.07, 6.45) is 0. The smallest absolute Gasteiger partial charge is 0.259 e. The van der Waals surface area contributed by atoms with E-state index in [0.717, 1.165) is 0 Å². The van der Waals surface area contributed by atoms with E-state index in [1.165, 1.54) is 0 Å². The van der Waals surface area contributed by atoms with Crippen LogP contribution in [0.1, 0.15) is 26.4 Å². The van der Waals surface area contributed by atoms with E-state index < -0.39 is 11.8 Å². The summed E-state index contributed by atoms with van der Waals surface area (Å²) in [5, 5.41) is 12.6. The van der Waals surface area contributed by atoms with Crippen molar-refractivity contribution in [3.8, 4) is 11.1 Å². The fourth-order valence-electron chi connectivity index (χ4n) is 3.57. The molecule has 1 aromatic heterocycles. The number of aryl methyl sites for hydroxylation is 1. The standard InChI is InChI=1S/C20H16Cl2N2O4/c1-24-13-8-11(10-4-2-3-5-12(10)21)15-17(20(27)23-19(15)26)16(13)18(22)14(24)9-28-7-6-25/h2-5,8,25H,6-7,9H2,1H3,(H,23,26,27). The summed E-state index contributed by atoms with van der Waals surface area (Å²) in [5.74, 6) is -0.968. The number of aliphatic hydroxyl groups excluding tert-OH is 1. The highest BCUT2D eigenvalue weighted by atomic mass is 35.5. The average molecular weight is 419 g/mol. The minimum Gasteiger partial charge on any atom is -0.394 e. The van der Waals surface area contributed by atoms with Crippen molar-refractivity contribution in [1.29, 1.82) is 0 Å². The first-order valence-electron chi connectivity index (χ1n) is 8.58. The number of carbonyl (C=O) groups excluding carboxylic acids is 2. The number of aromatic nitrogens is 1. The number of ether oxygens (including phenoxy) is 1. The van der Waals surface area contributed by atoms with Gasteiger partial charge in [-0.1, -0.05) is 41.4 Å². The molecule has 0 unspecified atom stereocenters. The first-order valence-corrected chi connectivity index (χ1v) is 9.34. The van der Waals surface area contributed by atoms with E-state index in [0.29, 0.717) is 37.8 Å². The molecule has 1 aliphatic heterocycles. The third kappa shape index (κ3) is 2.81. The molecule has 0 fully saturated rings. The summed E-state index contributed by atoms with van der Waals surface area (Å²) in [6, 6.07) is 8.96. The van der Waals surface area contributed by atoms with E-state index in [-0.39, 0.29) is 30.9 Å². The molecule has 3 aromatic rings. The number of amides is 2. The van der Waals surface area contributed by atoms with Gasteiger partial charge in [-0.3, -0.25) is 14.9 Å². The molecular weight excluding hydrogens is 403 g/mol. The fraction of sp³-hybridized carbons (Fsp3) is 0.200. The Bertz CT molecular complexity index is 1140. The van der Waals surface area contributed by atoms with Gasteiger partial charge in [0.15, 0.2) is 0 Å². The summed E-state index contributed by atoms with van der Waals surface area (Å²) in [5.41, 5.74) is 3.06. The van der Waals surface area contributed by atoms with Crippen LogP contribution in [0.3, 0.4) is 0 Å². The molecule has 8 heteroatoms. The Labute approximate surface area is 170 Å². The Hall–Kier alpha value is -2.38. The van der Waals surface area contributed by atoms with Gasteiger partial charge in [-0.05, 0) is 17.7 Å². The number of hydrogen-bond acceptors (Lipinski definition) is 4. The molecule has 0 saturated heterocycles. The maximum atomic E-state index is 12.6. The molecule has 2 N–H and O–H groups in total. The lowest BCUT2D eigenvalue weighted by atomic mass is 9.94. The van der Waals surface area contributed by atoms with E-state index in [4.69, 9.17) is 33.0 Å². The van der Waals surface area contributed by atoms with E-state index in [2.05, 4.69) is 5.32 Å². The highest BCUT2D eigenvalue weighted by molar-refractivity contribution is 6.40. The molecule has 2 amide bonds. The Morgan fingerprint density at radius 1 is 1.11 bits per heavy atom. The molecule has 0 aliphatic carbocycles. The summed E-state index contributed by atoms with van der Waals surface area (Å²) in [4.78, 5) is 25.2. The van der Waals surface area contributed by atoms with Crippen LogP contribution in [-0.2, 0) is 18.4 Å². The monoisotopic (exact) mass is 418 g/mol. The molecule has 4 rings (SSSR count). The predicted molar refractivity (Wildman–Crippen MR) is 107 cm³/mol. The molecule has 28 heavy (non-hydrogen) atoms.